The highest BCUT2D eigenvalue weighted by molar-refractivity contribution is 8.01. The van der Waals surface area contributed by atoms with E-state index in [0.717, 1.165) is 0 Å². The van der Waals surface area contributed by atoms with Gasteiger partial charge in [0.05, 0.1) is 6.10 Å². The third-order valence-electron chi connectivity index (χ3n) is 1.38. The molecule has 5 heteroatoms. The summed E-state index contributed by atoms with van der Waals surface area (Å²) in [5, 5.41) is 20.8. The van der Waals surface area contributed by atoms with E-state index in [2.05, 4.69) is 14.0 Å². The van der Waals surface area contributed by atoms with Crippen molar-refractivity contribution in [2.24, 2.45) is 5.92 Å². The molecule has 62 valence electrons. The predicted molar refractivity (Wildman–Crippen MR) is 48.3 cm³/mol. The zero-order valence-electron chi connectivity index (χ0n) is 6.04. The van der Waals surface area contributed by atoms with Crippen LogP contribution in [0.2, 0.25) is 0 Å². The molecule has 10 heavy (non-hydrogen) atoms. The number of hydrogen-bond donors (Lipinski definition) is 3. The predicted octanol–water partition coefficient (Wildman–Crippen LogP) is -0.0511. The molecule has 0 bridgehead atoms. The number of nitrogens with one attached hydrogen (secondary N) is 1. The molecule has 0 amide bonds. The summed E-state index contributed by atoms with van der Waals surface area (Å²) >= 11 is 0. The lowest BCUT2D eigenvalue weighted by atomic mass is 10.1. The summed E-state index contributed by atoms with van der Waals surface area (Å²) in [4.78, 5) is 0. The third kappa shape index (κ3) is 4.54. The lowest BCUT2D eigenvalue weighted by Crippen LogP contribution is -2.28. The zero-order chi connectivity index (χ0) is 7.98. The summed E-state index contributed by atoms with van der Waals surface area (Å²) in [7, 11) is 3.14. The summed E-state index contributed by atoms with van der Waals surface area (Å²) in [5.41, 5.74) is 0. The summed E-state index contributed by atoms with van der Waals surface area (Å²) in [5.74, 6) is -0.0342. The van der Waals surface area contributed by atoms with Crippen LogP contribution in [0, 0.1) is 5.92 Å². The molecule has 4 unspecified atom stereocenters. The summed E-state index contributed by atoms with van der Waals surface area (Å²) < 4.78 is 0. The van der Waals surface area contributed by atoms with Crippen LogP contribution in [0.15, 0.2) is 0 Å². The van der Waals surface area contributed by atoms with Gasteiger partial charge in [-0.05, 0) is 15.3 Å². The lowest BCUT2D eigenvalue weighted by Gasteiger charge is -2.16. The molecule has 0 fully saturated rings. The van der Waals surface area contributed by atoms with Crippen LogP contribution in [0.1, 0.15) is 6.92 Å². The first-order chi connectivity index (χ1) is 4.72. The van der Waals surface area contributed by atoms with Gasteiger partial charge in [-0.25, -0.2) is 0 Å². The maximum Gasteiger partial charge on any atom is 0.0574 e. The molecule has 0 spiro atoms. The van der Waals surface area contributed by atoms with Crippen molar-refractivity contribution in [1.29, 1.82) is 0 Å². The Bertz CT molecular complexity index is 82.0. The van der Waals surface area contributed by atoms with Crippen molar-refractivity contribution in [3.8, 4) is 0 Å². The van der Waals surface area contributed by atoms with Crippen molar-refractivity contribution in [3.63, 3.8) is 0 Å². The molecule has 0 aliphatic carbocycles. The Labute approximate surface area is 65.5 Å². The van der Waals surface area contributed by atoms with Crippen molar-refractivity contribution in [1.82, 2.24) is 5.09 Å². The van der Waals surface area contributed by atoms with Gasteiger partial charge in [0.25, 0.3) is 0 Å². The van der Waals surface area contributed by atoms with E-state index in [9.17, 15) is 0 Å². The minimum atomic E-state index is -0.432. The normalized spacial score (nSPS) is 18.0. The highest BCUT2D eigenvalue weighted by atomic mass is 32.0. The molecule has 0 aliphatic heterocycles. The van der Waals surface area contributed by atoms with Crippen LogP contribution in [-0.2, 0) is 0 Å². The Hall–Kier alpha value is 0.740. The average molecular weight is 183 g/mol. The molecular weight excluding hydrogens is 168 g/mol. The van der Waals surface area contributed by atoms with Gasteiger partial charge < -0.3 is 10.2 Å². The minimum Gasteiger partial charge on any atom is -0.396 e. The minimum absolute atomic E-state index is 0.0342. The van der Waals surface area contributed by atoms with E-state index in [0.29, 0.717) is 15.0 Å². The maximum absolute atomic E-state index is 9.04. The molecule has 3 nitrogen and oxygen atoms in total. The Morgan fingerprint density at radius 1 is 1.70 bits per heavy atom. The molecule has 0 rings (SSSR count). The van der Waals surface area contributed by atoms with Crippen LogP contribution in [0.4, 0.5) is 0 Å². The van der Waals surface area contributed by atoms with Crippen LogP contribution >= 0.6 is 17.3 Å². The molecule has 0 saturated heterocycles. The molecule has 0 heterocycles. The number of aliphatic hydroxyl groups is 2. The topological polar surface area (TPSA) is 52.5 Å². The highest BCUT2D eigenvalue weighted by Gasteiger charge is 2.11. The van der Waals surface area contributed by atoms with Gasteiger partial charge in [-0.2, -0.15) is 0 Å². The molecule has 0 aliphatic rings. The van der Waals surface area contributed by atoms with Gasteiger partial charge in [-0.1, -0.05) is 8.93 Å². The van der Waals surface area contributed by atoms with E-state index in [1.807, 2.05) is 0 Å². The van der Waals surface area contributed by atoms with Crippen LogP contribution < -0.4 is 5.09 Å². The fourth-order valence-corrected chi connectivity index (χ4v) is 1.31. The fraction of sp³-hybridized carbons (Fsp3) is 1.00. The SMILES string of the molecule is CC(O)C(CO)CNPP. The molecule has 4 atom stereocenters. The molecule has 3 N–H and O–H groups in total. The number of hydrogen-bond acceptors (Lipinski definition) is 3. The Kier molecular flexibility index (Phi) is 6.93. The van der Waals surface area contributed by atoms with Gasteiger partial charge in [0.15, 0.2) is 0 Å². The Balaban J connectivity index is 3.40. The highest BCUT2D eigenvalue weighted by Crippen LogP contribution is 2.14. The number of rotatable bonds is 5. The maximum atomic E-state index is 9.04. The Morgan fingerprint density at radius 3 is 2.60 bits per heavy atom. The standard InChI is InChI=1S/C5H15NO2P2/c1-4(8)5(3-7)2-6-10-9/h4-8,10H,2-3,9H2,1H3. The van der Waals surface area contributed by atoms with Gasteiger partial charge >= 0.3 is 0 Å². The first kappa shape index (κ1) is 10.7. The largest absolute Gasteiger partial charge is 0.396 e. The molecule has 0 aromatic carbocycles. The van der Waals surface area contributed by atoms with Gasteiger partial charge in [0.2, 0.25) is 0 Å². The van der Waals surface area contributed by atoms with Crippen LogP contribution in [0.3, 0.4) is 0 Å². The molecule has 0 aromatic rings. The summed E-state index contributed by atoms with van der Waals surface area (Å²) in [6.07, 6.45) is -0.432. The van der Waals surface area contributed by atoms with Crippen molar-refractivity contribution in [3.05, 3.63) is 0 Å². The van der Waals surface area contributed by atoms with Crippen LogP contribution in [0.25, 0.3) is 0 Å². The summed E-state index contributed by atoms with van der Waals surface area (Å²) in [6, 6.07) is 0. The van der Waals surface area contributed by atoms with E-state index >= 15 is 0 Å². The van der Waals surface area contributed by atoms with E-state index in [1.165, 1.54) is 0 Å². The molecular formula is C5H15NO2P2. The third-order valence-corrected chi connectivity index (χ3v) is 2.40. The van der Waals surface area contributed by atoms with Crippen LogP contribution in [0.5, 0.6) is 0 Å². The van der Waals surface area contributed by atoms with Crippen molar-refractivity contribution >= 4 is 17.3 Å². The fourth-order valence-electron chi connectivity index (χ4n) is 0.578. The van der Waals surface area contributed by atoms with Gasteiger partial charge in [0, 0.05) is 19.1 Å². The summed E-state index contributed by atoms with van der Waals surface area (Å²) in [6.45, 7) is 2.41. The van der Waals surface area contributed by atoms with Crippen LogP contribution in [-0.4, -0.2) is 29.5 Å². The zero-order valence-corrected chi connectivity index (χ0v) is 8.20. The number of aliphatic hydroxyl groups excluding tert-OH is 2. The monoisotopic (exact) mass is 183 g/mol. The second-order valence-corrected chi connectivity index (χ2v) is 3.72. The molecule has 0 radical (unpaired) electrons. The molecule has 0 aromatic heterocycles. The van der Waals surface area contributed by atoms with Crippen molar-refractivity contribution in [2.75, 3.05) is 13.2 Å². The van der Waals surface area contributed by atoms with Crippen molar-refractivity contribution in [2.45, 2.75) is 13.0 Å². The second kappa shape index (κ2) is 6.45. The van der Waals surface area contributed by atoms with Gasteiger partial charge in [0.1, 0.15) is 0 Å². The van der Waals surface area contributed by atoms with Gasteiger partial charge in [-0.3, -0.25) is 5.09 Å². The molecule has 0 saturated carbocycles. The van der Waals surface area contributed by atoms with Crippen molar-refractivity contribution < 1.29 is 10.2 Å². The van der Waals surface area contributed by atoms with E-state index in [-0.39, 0.29) is 12.5 Å². The van der Waals surface area contributed by atoms with E-state index in [4.69, 9.17) is 10.2 Å². The first-order valence-corrected chi connectivity index (χ1v) is 6.00. The van der Waals surface area contributed by atoms with E-state index < -0.39 is 6.10 Å². The average Bonchev–Trinajstić information content (AvgIpc) is 1.89. The van der Waals surface area contributed by atoms with Gasteiger partial charge in [-0.15, -0.1) is 0 Å². The quantitative estimate of drug-likeness (QED) is 0.524. The lowest BCUT2D eigenvalue weighted by molar-refractivity contribution is 0.0839. The smallest absolute Gasteiger partial charge is 0.0574 e. The first-order valence-electron chi connectivity index (χ1n) is 3.19. The second-order valence-electron chi connectivity index (χ2n) is 2.21. The van der Waals surface area contributed by atoms with E-state index in [1.54, 1.807) is 6.92 Å². The Morgan fingerprint density at radius 2 is 2.30 bits per heavy atom.